The van der Waals surface area contributed by atoms with Gasteiger partial charge in [0.05, 0.1) is 0 Å². The lowest BCUT2D eigenvalue weighted by molar-refractivity contribution is 0.750. The molecule has 0 aliphatic heterocycles. The largest absolute Gasteiger partial charge is 0.0675 e. The third-order valence-corrected chi connectivity index (χ3v) is 9.42. The highest BCUT2D eigenvalue weighted by Crippen LogP contribution is 2.40. The number of fused-ring (bicyclic) bond motifs is 10. The zero-order valence-electron chi connectivity index (χ0n) is 23.2. The summed E-state index contributed by atoms with van der Waals surface area (Å²) in [5, 5.41) is 13.4. The third-order valence-electron chi connectivity index (χ3n) is 9.42. The van der Waals surface area contributed by atoms with Gasteiger partial charge in [0.25, 0.3) is 0 Å². The molecule has 2 unspecified atom stereocenters. The molecule has 0 aromatic heterocycles. The number of hydrogen-bond acceptors (Lipinski definition) is 0. The molecule has 196 valence electrons. The minimum atomic E-state index is 0.202. The fourth-order valence-corrected chi connectivity index (χ4v) is 7.71. The molecule has 0 saturated heterocycles. The minimum absolute atomic E-state index is 0.202. The standard InChI is InChI=1S/C42H28/c1-3-14-28(15-4-1)40-33-21-11-12-22-34(33)41(29-16-5-2-6-17-29)39-26-37-36(25-38(39)40)32-20-10-9-19-31(32)35-24-23-27-13-7-8-18-30(27)42(35)37/h1-26,38-39H. The Bertz CT molecular complexity index is 2440. The van der Waals surface area contributed by atoms with Gasteiger partial charge in [-0.05, 0) is 75.5 Å². The molecular formula is C42H28. The van der Waals surface area contributed by atoms with Crippen molar-refractivity contribution in [3.05, 3.63) is 178 Å². The average molecular weight is 533 g/mol. The van der Waals surface area contributed by atoms with Crippen LogP contribution >= 0.6 is 0 Å². The summed E-state index contributed by atoms with van der Waals surface area (Å²) in [6, 6.07) is 53.6. The summed E-state index contributed by atoms with van der Waals surface area (Å²) in [4.78, 5) is 0. The lowest BCUT2D eigenvalue weighted by Crippen LogP contribution is -2.44. The van der Waals surface area contributed by atoms with E-state index < -0.39 is 0 Å². The zero-order chi connectivity index (χ0) is 27.6. The van der Waals surface area contributed by atoms with Gasteiger partial charge in [-0.15, -0.1) is 0 Å². The maximum absolute atomic E-state index is 2.61. The van der Waals surface area contributed by atoms with Crippen molar-refractivity contribution in [1.29, 1.82) is 0 Å². The Kier molecular flexibility index (Phi) is 5.12. The SMILES string of the molecule is C1=c2c(c3c4ccccc4ccc3c3ccccc23)=CC2C(c3ccccc3)=c3ccccc3=C(c3ccccc3)C12. The summed E-state index contributed by atoms with van der Waals surface area (Å²) in [6.45, 7) is 0. The van der Waals surface area contributed by atoms with Crippen LogP contribution in [0.4, 0.5) is 0 Å². The zero-order valence-corrected chi connectivity index (χ0v) is 23.2. The molecule has 0 amide bonds. The van der Waals surface area contributed by atoms with Crippen molar-refractivity contribution in [2.24, 2.45) is 11.8 Å². The summed E-state index contributed by atoms with van der Waals surface area (Å²) < 4.78 is 0. The molecule has 0 radical (unpaired) electrons. The second-order valence-corrected chi connectivity index (χ2v) is 11.6. The number of hydrogen-bond donors (Lipinski definition) is 0. The molecule has 7 aromatic carbocycles. The fourth-order valence-electron chi connectivity index (χ4n) is 7.71. The van der Waals surface area contributed by atoms with E-state index in [1.54, 1.807) is 0 Å². The van der Waals surface area contributed by atoms with E-state index in [1.165, 1.54) is 75.5 Å². The van der Waals surface area contributed by atoms with Crippen molar-refractivity contribution in [3.63, 3.8) is 0 Å². The van der Waals surface area contributed by atoms with Gasteiger partial charge in [0.2, 0.25) is 0 Å². The first-order chi connectivity index (χ1) is 20.9. The van der Waals surface area contributed by atoms with Gasteiger partial charge in [-0.1, -0.05) is 158 Å². The van der Waals surface area contributed by atoms with Crippen molar-refractivity contribution in [2.75, 3.05) is 0 Å². The Hall–Kier alpha value is -5.20. The molecule has 0 saturated carbocycles. The highest BCUT2D eigenvalue weighted by molar-refractivity contribution is 6.18. The maximum Gasteiger partial charge on any atom is 0.0144 e. The normalized spacial score (nSPS) is 17.3. The van der Waals surface area contributed by atoms with Gasteiger partial charge in [0.1, 0.15) is 0 Å². The molecule has 0 N–H and O–H groups in total. The molecule has 2 aliphatic carbocycles. The van der Waals surface area contributed by atoms with Gasteiger partial charge in [0.15, 0.2) is 0 Å². The molecule has 7 aromatic rings. The van der Waals surface area contributed by atoms with Crippen LogP contribution in [0.15, 0.2) is 146 Å². The lowest BCUT2D eigenvalue weighted by atomic mass is 9.69. The summed E-state index contributed by atoms with van der Waals surface area (Å²) >= 11 is 0. The summed E-state index contributed by atoms with van der Waals surface area (Å²) in [6.07, 6.45) is 5.22. The van der Waals surface area contributed by atoms with E-state index in [2.05, 4.69) is 158 Å². The van der Waals surface area contributed by atoms with E-state index in [9.17, 15) is 0 Å². The molecule has 0 fully saturated rings. The van der Waals surface area contributed by atoms with Crippen molar-refractivity contribution >= 4 is 55.6 Å². The minimum Gasteiger partial charge on any atom is -0.0675 e. The summed E-state index contributed by atoms with van der Waals surface area (Å²) in [5.41, 5.74) is 5.44. The molecule has 0 bridgehead atoms. The van der Waals surface area contributed by atoms with Crippen LogP contribution in [-0.2, 0) is 0 Å². The lowest BCUT2D eigenvalue weighted by Gasteiger charge is -2.34. The quantitative estimate of drug-likeness (QED) is 0.209. The van der Waals surface area contributed by atoms with Crippen molar-refractivity contribution < 1.29 is 0 Å². The Morgan fingerprint density at radius 2 is 0.833 bits per heavy atom. The van der Waals surface area contributed by atoms with Crippen LogP contribution in [-0.4, -0.2) is 0 Å². The van der Waals surface area contributed by atoms with E-state index in [0.29, 0.717) is 0 Å². The molecule has 0 heteroatoms. The first kappa shape index (κ1) is 23.5. The molecule has 2 aliphatic rings. The average Bonchev–Trinajstić information content (AvgIpc) is 3.07. The monoisotopic (exact) mass is 532 g/mol. The summed E-state index contributed by atoms with van der Waals surface area (Å²) in [7, 11) is 0. The van der Waals surface area contributed by atoms with E-state index in [0.717, 1.165) is 0 Å². The molecule has 0 nitrogen and oxygen atoms in total. The van der Waals surface area contributed by atoms with Crippen LogP contribution in [0.1, 0.15) is 11.1 Å². The van der Waals surface area contributed by atoms with E-state index in [1.807, 2.05) is 0 Å². The molecule has 0 heterocycles. The van der Waals surface area contributed by atoms with Crippen LogP contribution < -0.4 is 20.9 Å². The van der Waals surface area contributed by atoms with Gasteiger partial charge in [0, 0.05) is 11.8 Å². The molecule has 42 heavy (non-hydrogen) atoms. The van der Waals surface area contributed by atoms with Gasteiger partial charge in [-0.3, -0.25) is 0 Å². The number of rotatable bonds is 2. The maximum atomic E-state index is 2.61. The second kappa shape index (κ2) is 9.16. The van der Waals surface area contributed by atoms with Crippen LogP contribution in [0, 0.1) is 11.8 Å². The first-order valence-electron chi connectivity index (χ1n) is 14.9. The molecular weight excluding hydrogens is 504 g/mol. The fraction of sp³-hybridized carbons (Fsp3) is 0.0476. The molecule has 0 spiro atoms. The molecule has 9 rings (SSSR count). The van der Waals surface area contributed by atoms with Gasteiger partial charge in [-0.2, -0.15) is 0 Å². The predicted octanol–water partition coefficient (Wildman–Crippen LogP) is 7.07. The predicted molar refractivity (Wildman–Crippen MR) is 178 cm³/mol. The topological polar surface area (TPSA) is 0 Å². The van der Waals surface area contributed by atoms with Crippen molar-refractivity contribution in [2.45, 2.75) is 0 Å². The van der Waals surface area contributed by atoms with Gasteiger partial charge < -0.3 is 0 Å². The van der Waals surface area contributed by atoms with Crippen LogP contribution in [0.25, 0.3) is 55.6 Å². The van der Waals surface area contributed by atoms with E-state index in [4.69, 9.17) is 0 Å². The van der Waals surface area contributed by atoms with Crippen molar-refractivity contribution in [3.8, 4) is 0 Å². The molecule has 2 atom stereocenters. The third kappa shape index (κ3) is 3.36. The van der Waals surface area contributed by atoms with Crippen LogP contribution in [0.2, 0.25) is 0 Å². The highest BCUT2D eigenvalue weighted by atomic mass is 14.4. The van der Waals surface area contributed by atoms with E-state index >= 15 is 0 Å². The highest BCUT2D eigenvalue weighted by Gasteiger charge is 2.33. The van der Waals surface area contributed by atoms with Gasteiger partial charge >= 0.3 is 0 Å². The summed E-state index contributed by atoms with van der Waals surface area (Å²) in [5.74, 6) is 0.411. The number of benzene rings is 7. The Morgan fingerprint density at radius 3 is 1.48 bits per heavy atom. The van der Waals surface area contributed by atoms with Gasteiger partial charge in [-0.25, -0.2) is 0 Å². The smallest absolute Gasteiger partial charge is 0.0144 e. The first-order valence-corrected chi connectivity index (χ1v) is 14.9. The van der Waals surface area contributed by atoms with Crippen molar-refractivity contribution in [1.82, 2.24) is 0 Å². The second-order valence-electron chi connectivity index (χ2n) is 11.6. The Labute approximate surface area is 244 Å². The van der Waals surface area contributed by atoms with Crippen LogP contribution in [0.5, 0.6) is 0 Å². The Morgan fingerprint density at radius 1 is 0.333 bits per heavy atom. The van der Waals surface area contributed by atoms with E-state index in [-0.39, 0.29) is 11.8 Å². The Balaban J connectivity index is 1.52. The van der Waals surface area contributed by atoms with Crippen LogP contribution in [0.3, 0.4) is 0 Å².